The van der Waals surface area contributed by atoms with E-state index < -0.39 is 21.9 Å². The molecule has 1 fully saturated rings. The molecule has 0 radical (unpaired) electrons. The molecule has 6 nitrogen and oxygen atoms in total. The number of sulfonamides is 1. The SMILES string of the molecule is O=S(=O)(Cc1ccccc1)N1CCN(c2cc(C(F)(F)F)ncn2)CC1. The largest absolute Gasteiger partial charge is 0.433 e. The van der Waals surface area contributed by atoms with Gasteiger partial charge in [-0.15, -0.1) is 0 Å². The molecular formula is C16H17F3N4O2S. The molecule has 0 spiro atoms. The molecule has 0 N–H and O–H groups in total. The fraction of sp³-hybridized carbons (Fsp3) is 0.375. The third kappa shape index (κ3) is 4.31. The molecule has 10 heteroatoms. The number of nitrogens with zero attached hydrogens (tertiary/aromatic N) is 4. The normalized spacial score (nSPS) is 16.7. The van der Waals surface area contributed by atoms with Crippen molar-refractivity contribution in [1.82, 2.24) is 14.3 Å². The molecule has 26 heavy (non-hydrogen) atoms. The van der Waals surface area contributed by atoms with E-state index in [1.807, 2.05) is 6.07 Å². The summed E-state index contributed by atoms with van der Waals surface area (Å²) < 4.78 is 64.7. The molecule has 0 unspecified atom stereocenters. The molecule has 0 atom stereocenters. The van der Waals surface area contributed by atoms with Crippen LogP contribution in [0.25, 0.3) is 0 Å². The van der Waals surface area contributed by atoms with Gasteiger partial charge in [-0.3, -0.25) is 0 Å². The van der Waals surface area contributed by atoms with Crippen molar-refractivity contribution in [3.63, 3.8) is 0 Å². The van der Waals surface area contributed by atoms with Crippen LogP contribution < -0.4 is 4.90 Å². The van der Waals surface area contributed by atoms with Crippen molar-refractivity contribution in [2.75, 3.05) is 31.1 Å². The molecule has 2 aromatic rings. The predicted molar refractivity (Wildman–Crippen MR) is 89.9 cm³/mol. The molecule has 3 rings (SSSR count). The molecule has 1 aromatic carbocycles. The van der Waals surface area contributed by atoms with Gasteiger partial charge in [0.05, 0.1) is 5.75 Å². The van der Waals surface area contributed by atoms with E-state index in [0.29, 0.717) is 5.56 Å². The second kappa shape index (κ2) is 7.20. The van der Waals surface area contributed by atoms with Gasteiger partial charge >= 0.3 is 6.18 Å². The topological polar surface area (TPSA) is 66.4 Å². The van der Waals surface area contributed by atoms with Crippen LogP contribution in [0.3, 0.4) is 0 Å². The summed E-state index contributed by atoms with van der Waals surface area (Å²) in [5.74, 6) is 0.0481. The van der Waals surface area contributed by atoms with Crippen molar-refractivity contribution < 1.29 is 21.6 Å². The Morgan fingerprint density at radius 3 is 2.27 bits per heavy atom. The van der Waals surface area contributed by atoms with Crippen LogP contribution in [0, 0.1) is 0 Å². The van der Waals surface area contributed by atoms with Crippen LogP contribution in [-0.2, 0) is 22.0 Å². The summed E-state index contributed by atoms with van der Waals surface area (Å²) in [6.07, 6.45) is -3.67. The lowest BCUT2D eigenvalue weighted by atomic mass is 10.2. The van der Waals surface area contributed by atoms with Gasteiger partial charge in [-0.25, -0.2) is 18.4 Å². The first-order chi connectivity index (χ1) is 12.3. The molecule has 0 aliphatic carbocycles. The third-order valence-corrected chi connectivity index (χ3v) is 5.94. The molecule has 1 aliphatic heterocycles. The van der Waals surface area contributed by atoms with E-state index in [4.69, 9.17) is 0 Å². The number of rotatable bonds is 4. The number of hydrogen-bond acceptors (Lipinski definition) is 5. The van der Waals surface area contributed by atoms with E-state index in [1.165, 1.54) is 4.31 Å². The van der Waals surface area contributed by atoms with Crippen molar-refractivity contribution >= 4 is 15.8 Å². The first kappa shape index (κ1) is 18.6. The maximum atomic E-state index is 12.8. The Morgan fingerprint density at radius 2 is 1.65 bits per heavy atom. The van der Waals surface area contributed by atoms with Crippen LogP contribution in [0.5, 0.6) is 0 Å². The van der Waals surface area contributed by atoms with E-state index in [0.717, 1.165) is 12.4 Å². The van der Waals surface area contributed by atoms with Gasteiger partial charge in [0, 0.05) is 32.2 Å². The zero-order chi connectivity index (χ0) is 18.8. The van der Waals surface area contributed by atoms with E-state index in [9.17, 15) is 21.6 Å². The van der Waals surface area contributed by atoms with Gasteiger partial charge in [0.25, 0.3) is 0 Å². The summed E-state index contributed by atoms with van der Waals surface area (Å²) in [7, 11) is -3.48. The van der Waals surface area contributed by atoms with Crippen molar-refractivity contribution in [1.29, 1.82) is 0 Å². The summed E-state index contributed by atoms with van der Waals surface area (Å²) >= 11 is 0. The monoisotopic (exact) mass is 386 g/mol. The van der Waals surface area contributed by atoms with Gasteiger partial charge in [-0.1, -0.05) is 30.3 Å². The minimum Gasteiger partial charge on any atom is -0.354 e. The number of benzene rings is 1. The van der Waals surface area contributed by atoms with Crippen molar-refractivity contribution in [2.24, 2.45) is 0 Å². The third-order valence-electron chi connectivity index (χ3n) is 4.09. The molecule has 140 valence electrons. The summed E-state index contributed by atoms with van der Waals surface area (Å²) in [6, 6.07) is 9.73. The molecular weight excluding hydrogens is 369 g/mol. The van der Waals surface area contributed by atoms with Gasteiger partial charge < -0.3 is 4.90 Å². The van der Waals surface area contributed by atoms with E-state index >= 15 is 0 Å². The van der Waals surface area contributed by atoms with E-state index in [2.05, 4.69) is 9.97 Å². The molecule has 0 saturated carbocycles. The van der Waals surface area contributed by atoms with Gasteiger partial charge in [0.15, 0.2) is 0 Å². The van der Waals surface area contributed by atoms with Gasteiger partial charge in [0.2, 0.25) is 10.0 Å². The highest BCUT2D eigenvalue weighted by Crippen LogP contribution is 2.29. The number of anilines is 1. The standard InChI is InChI=1S/C16H17F3N4O2S/c17-16(18,19)14-10-15(21-12-20-14)22-6-8-23(9-7-22)26(24,25)11-13-4-2-1-3-5-13/h1-5,10,12H,6-9,11H2. The zero-order valence-corrected chi connectivity index (χ0v) is 14.5. The summed E-state index contributed by atoms with van der Waals surface area (Å²) in [5.41, 5.74) is -0.317. The highest BCUT2D eigenvalue weighted by Gasteiger charge is 2.34. The Kier molecular flexibility index (Phi) is 5.15. The van der Waals surface area contributed by atoms with E-state index in [-0.39, 0.29) is 37.7 Å². The first-order valence-corrected chi connectivity index (χ1v) is 9.52. The maximum absolute atomic E-state index is 12.8. The smallest absolute Gasteiger partial charge is 0.354 e. The number of alkyl halides is 3. The van der Waals surface area contributed by atoms with Crippen molar-refractivity contribution in [2.45, 2.75) is 11.9 Å². The molecule has 0 bridgehead atoms. The highest BCUT2D eigenvalue weighted by atomic mass is 32.2. The average molecular weight is 386 g/mol. The van der Waals surface area contributed by atoms with Crippen LogP contribution in [0.1, 0.15) is 11.3 Å². The molecule has 2 heterocycles. The Bertz CT molecular complexity index is 851. The molecule has 1 aliphatic rings. The van der Waals surface area contributed by atoms with Crippen LogP contribution in [0.4, 0.5) is 19.0 Å². The lowest BCUT2D eigenvalue weighted by molar-refractivity contribution is -0.141. The maximum Gasteiger partial charge on any atom is 0.433 e. The van der Waals surface area contributed by atoms with Crippen LogP contribution in [0.15, 0.2) is 42.7 Å². The number of aromatic nitrogens is 2. The lowest BCUT2D eigenvalue weighted by Crippen LogP contribution is -2.49. The average Bonchev–Trinajstić information content (AvgIpc) is 2.62. The highest BCUT2D eigenvalue weighted by molar-refractivity contribution is 7.88. The van der Waals surface area contributed by atoms with E-state index in [1.54, 1.807) is 29.2 Å². The second-order valence-corrected chi connectivity index (χ2v) is 7.86. The van der Waals surface area contributed by atoms with Crippen LogP contribution >= 0.6 is 0 Å². The predicted octanol–water partition coefficient (Wildman–Crippen LogP) is 2.15. The van der Waals surface area contributed by atoms with Crippen molar-refractivity contribution in [3.05, 3.63) is 54.0 Å². The Balaban J connectivity index is 1.66. The first-order valence-electron chi connectivity index (χ1n) is 7.92. The Hall–Kier alpha value is -2.20. The van der Waals surface area contributed by atoms with Gasteiger partial charge in [-0.05, 0) is 5.56 Å². The minimum atomic E-state index is -4.54. The summed E-state index contributed by atoms with van der Waals surface area (Å²) in [6.45, 7) is 0.922. The van der Waals surface area contributed by atoms with Gasteiger partial charge in [-0.2, -0.15) is 17.5 Å². The van der Waals surface area contributed by atoms with Crippen LogP contribution in [-0.4, -0.2) is 48.9 Å². The minimum absolute atomic E-state index is 0.0976. The van der Waals surface area contributed by atoms with Crippen molar-refractivity contribution in [3.8, 4) is 0 Å². The van der Waals surface area contributed by atoms with Crippen LogP contribution in [0.2, 0.25) is 0 Å². The number of halogens is 3. The second-order valence-electron chi connectivity index (χ2n) is 5.89. The Morgan fingerprint density at radius 1 is 1.00 bits per heavy atom. The van der Waals surface area contributed by atoms with Gasteiger partial charge in [0.1, 0.15) is 17.8 Å². The molecule has 1 aromatic heterocycles. The summed E-state index contributed by atoms with van der Waals surface area (Å²) in [5, 5.41) is 0. The molecule has 0 amide bonds. The fourth-order valence-corrected chi connectivity index (χ4v) is 4.26. The summed E-state index contributed by atoms with van der Waals surface area (Å²) in [4.78, 5) is 8.75. The number of piperazine rings is 1. The number of hydrogen-bond donors (Lipinski definition) is 0. The fourth-order valence-electron chi connectivity index (χ4n) is 2.75. The quantitative estimate of drug-likeness (QED) is 0.806. The Labute approximate surface area is 149 Å². The lowest BCUT2D eigenvalue weighted by Gasteiger charge is -2.34. The zero-order valence-electron chi connectivity index (χ0n) is 13.7. The molecule has 1 saturated heterocycles.